The van der Waals surface area contributed by atoms with Gasteiger partial charge in [-0.1, -0.05) is 41.0 Å². The van der Waals surface area contributed by atoms with E-state index in [9.17, 15) is 0 Å². The van der Waals surface area contributed by atoms with Gasteiger partial charge in [-0.3, -0.25) is 0 Å². The minimum atomic E-state index is 0.476. The lowest BCUT2D eigenvalue weighted by atomic mass is 10.1. The predicted molar refractivity (Wildman–Crippen MR) is 62.9 cm³/mol. The van der Waals surface area contributed by atoms with Crippen LogP contribution >= 0.6 is 27.5 Å². The van der Waals surface area contributed by atoms with Gasteiger partial charge in [-0.2, -0.15) is 0 Å². The van der Waals surface area contributed by atoms with E-state index in [1.807, 2.05) is 0 Å². The molecule has 0 saturated carbocycles. The SMILES string of the molecule is C=C1NC2=C(NC=C1Cl)[C@H](C)[C@H](Br)C2. The Morgan fingerprint density at radius 3 is 3.07 bits per heavy atom. The average molecular weight is 276 g/mol. The molecule has 0 unspecified atom stereocenters. The smallest absolute Gasteiger partial charge is 0.0794 e. The molecule has 2 nitrogen and oxygen atoms in total. The summed E-state index contributed by atoms with van der Waals surface area (Å²) in [5.41, 5.74) is 3.16. The molecule has 0 spiro atoms. The molecule has 2 rings (SSSR count). The number of rotatable bonds is 0. The summed E-state index contributed by atoms with van der Waals surface area (Å²) in [7, 11) is 0. The van der Waals surface area contributed by atoms with Crippen LogP contribution in [0.5, 0.6) is 0 Å². The summed E-state index contributed by atoms with van der Waals surface area (Å²) in [5, 5.41) is 7.12. The number of alkyl halides is 1. The van der Waals surface area contributed by atoms with E-state index in [-0.39, 0.29) is 0 Å². The highest BCUT2D eigenvalue weighted by Crippen LogP contribution is 2.36. The first kappa shape index (κ1) is 10.1. The minimum absolute atomic E-state index is 0.476. The second kappa shape index (κ2) is 3.63. The zero-order valence-electron chi connectivity index (χ0n) is 7.90. The van der Waals surface area contributed by atoms with Gasteiger partial charge in [0.2, 0.25) is 0 Å². The monoisotopic (exact) mass is 274 g/mol. The summed E-state index contributed by atoms with van der Waals surface area (Å²) >= 11 is 9.61. The van der Waals surface area contributed by atoms with Crippen molar-refractivity contribution in [2.24, 2.45) is 5.92 Å². The first-order chi connectivity index (χ1) is 6.59. The fourth-order valence-corrected chi connectivity index (χ4v) is 2.43. The quantitative estimate of drug-likeness (QED) is 0.664. The number of hydrogen-bond acceptors (Lipinski definition) is 2. The molecule has 0 aromatic rings. The molecule has 2 atom stereocenters. The molecule has 0 fully saturated rings. The number of halogens is 2. The molecular weight excluding hydrogens is 263 g/mol. The standard InChI is InChI=1S/C10H12BrClN2/c1-5-7(11)3-9-10(5)13-4-8(12)6(2)14-9/h4-5,7,13-14H,2-3H2,1H3/t5-,7-/m1/s1. The largest absolute Gasteiger partial charge is 0.362 e. The van der Waals surface area contributed by atoms with Crippen molar-refractivity contribution in [1.82, 2.24) is 10.6 Å². The zero-order valence-corrected chi connectivity index (χ0v) is 10.2. The van der Waals surface area contributed by atoms with Gasteiger partial charge in [0.1, 0.15) is 0 Å². The first-order valence-electron chi connectivity index (χ1n) is 4.55. The van der Waals surface area contributed by atoms with Crippen molar-refractivity contribution in [3.05, 3.63) is 34.9 Å². The molecule has 0 aromatic heterocycles. The van der Waals surface area contributed by atoms with E-state index >= 15 is 0 Å². The highest BCUT2D eigenvalue weighted by Gasteiger charge is 2.31. The Morgan fingerprint density at radius 2 is 2.36 bits per heavy atom. The van der Waals surface area contributed by atoms with Crippen LogP contribution in [0.1, 0.15) is 13.3 Å². The molecule has 14 heavy (non-hydrogen) atoms. The summed E-state index contributed by atoms with van der Waals surface area (Å²) in [5.74, 6) is 0.476. The number of nitrogens with one attached hydrogen (secondary N) is 2. The molecule has 0 radical (unpaired) electrons. The summed E-state index contributed by atoms with van der Waals surface area (Å²) in [6.07, 6.45) is 2.78. The topological polar surface area (TPSA) is 24.1 Å². The molecule has 2 N–H and O–H groups in total. The number of hydrogen-bond donors (Lipinski definition) is 2. The molecule has 1 aliphatic heterocycles. The van der Waals surface area contributed by atoms with Crippen LogP contribution in [0.15, 0.2) is 34.9 Å². The van der Waals surface area contributed by atoms with E-state index in [4.69, 9.17) is 11.6 Å². The lowest BCUT2D eigenvalue weighted by Gasteiger charge is -2.11. The van der Waals surface area contributed by atoms with Crippen molar-refractivity contribution >= 4 is 27.5 Å². The van der Waals surface area contributed by atoms with Gasteiger partial charge in [-0.05, 0) is 0 Å². The fourth-order valence-electron chi connectivity index (χ4n) is 1.74. The lowest BCUT2D eigenvalue weighted by molar-refractivity contribution is 0.665. The fraction of sp³-hybridized carbons (Fsp3) is 0.400. The maximum atomic E-state index is 5.97. The second-order valence-corrected chi connectivity index (χ2v) is 5.22. The Hall–Kier alpha value is -0.410. The summed E-state index contributed by atoms with van der Waals surface area (Å²) < 4.78 is 0. The molecule has 1 heterocycles. The van der Waals surface area contributed by atoms with E-state index in [2.05, 4.69) is 40.1 Å². The molecule has 0 aromatic carbocycles. The van der Waals surface area contributed by atoms with Gasteiger partial charge < -0.3 is 10.6 Å². The Morgan fingerprint density at radius 1 is 1.64 bits per heavy atom. The van der Waals surface area contributed by atoms with Crippen LogP contribution in [0.4, 0.5) is 0 Å². The van der Waals surface area contributed by atoms with Crippen LogP contribution in [0.3, 0.4) is 0 Å². The van der Waals surface area contributed by atoms with Crippen LogP contribution in [0, 0.1) is 5.92 Å². The zero-order chi connectivity index (χ0) is 10.3. The second-order valence-electron chi connectivity index (χ2n) is 3.64. The molecule has 0 saturated heterocycles. The van der Waals surface area contributed by atoms with Crippen molar-refractivity contribution in [2.75, 3.05) is 0 Å². The van der Waals surface area contributed by atoms with Crippen molar-refractivity contribution in [2.45, 2.75) is 18.2 Å². The Balaban J connectivity index is 2.29. The number of allylic oxidation sites excluding steroid dienone is 3. The average Bonchev–Trinajstić information content (AvgIpc) is 2.30. The van der Waals surface area contributed by atoms with Crippen LogP contribution in [0.2, 0.25) is 0 Å². The Bertz CT molecular complexity index is 346. The van der Waals surface area contributed by atoms with E-state index in [1.165, 1.54) is 11.4 Å². The van der Waals surface area contributed by atoms with E-state index in [0.29, 0.717) is 15.8 Å². The minimum Gasteiger partial charge on any atom is -0.362 e. The highest BCUT2D eigenvalue weighted by atomic mass is 79.9. The Labute approximate surface area is 97.2 Å². The molecule has 0 bridgehead atoms. The first-order valence-corrected chi connectivity index (χ1v) is 5.84. The van der Waals surface area contributed by atoms with Crippen molar-refractivity contribution in [1.29, 1.82) is 0 Å². The molecule has 0 amide bonds. The lowest BCUT2D eigenvalue weighted by Crippen LogP contribution is -2.15. The summed E-state index contributed by atoms with van der Waals surface area (Å²) in [4.78, 5) is 0.491. The van der Waals surface area contributed by atoms with Gasteiger partial charge in [0.15, 0.2) is 0 Å². The van der Waals surface area contributed by atoms with E-state index in [0.717, 1.165) is 12.1 Å². The third kappa shape index (κ3) is 1.59. The van der Waals surface area contributed by atoms with Crippen LogP contribution in [0.25, 0.3) is 0 Å². The molecular formula is C10H12BrClN2. The molecule has 1 aliphatic carbocycles. The van der Waals surface area contributed by atoms with Gasteiger partial charge in [0, 0.05) is 34.8 Å². The highest BCUT2D eigenvalue weighted by molar-refractivity contribution is 9.09. The molecule has 4 heteroatoms. The Kier molecular flexibility index (Phi) is 2.62. The predicted octanol–water partition coefficient (Wildman–Crippen LogP) is 2.79. The van der Waals surface area contributed by atoms with Gasteiger partial charge in [-0.25, -0.2) is 0 Å². The van der Waals surface area contributed by atoms with E-state index in [1.54, 1.807) is 6.20 Å². The van der Waals surface area contributed by atoms with Gasteiger partial charge in [0.05, 0.1) is 10.7 Å². The van der Waals surface area contributed by atoms with Gasteiger partial charge in [0.25, 0.3) is 0 Å². The molecule has 76 valence electrons. The van der Waals surface area contributed by atoms with Crippen molar-refractivity contribution in [3.63, 3.8) is 0 Å². The summed E-state index contributed by atoms with van der Waals surface area (Å²) in [6.45, 7) is 6.05. The normalized spacial score (nSPS) is 31.6. The maximum absolute atomic E-state index is 5.97. The maximum Gasteiger partial charge on any atom is 0.0794 e. The van der Waals surface area contributed by atoms with Crippen LogP contribution < -0.4 is 10.6 Å². The third-order valence-electron chi connectivity index (χ3n) is 2.67. The van der Waals surface area contributed by atoms with Crippen LogP contribution in [-0.4, -0.2) is 4.83 Å². The summed E-state index contributed by atoms with van der Waals surface area (Å²) in [6, 6.07) is 0. The van der Waals surface area contributed by atoms with Crippen LogP contribution in [-0.2, 0) is 0 Å². The molecule has 2 aliphatic rings. The van der Waals surface area contributed by atoms with Gasteiger partial charge in [-0.15, -0.1) is 0 Å². The van der Waals surface area contributed by atoms with Crippen molar-refractivity contribution in [3.8, 4) is 0 Å². The van der Waals surface area contributed by atoms with E-state index < -0.39 is 0 Å². The van der Waals surface area contributed by atoms with Crippen molar-refractivity contribution < 1.29 is 0 Å². The van der Waals surface area contributed by atoms with Gasteiger partial charge >= 0.3 is 0 Å². The third-order valence-corrected chi connectivity index (χ3v) is 4.12.